The molecule has 0 unspecified atom stereocenters. The van der Waals surface area contributed by atoms with Crippen LogP contribution in [0, 0.1) is 5.92 Å². The number of methoxy groups -OCH3 is 1. The van der Waals surface area contributed by atoms with Gasteiger partial charge in [0.2, 0.25) is 5.91 Å². The molecule has 1 aliphatic carbocycles. The van der Waals surface area contributed by atoms with Gasteiger partial charge in [-0.1, -0.05) is 52.3 Å². The molecular formula is C26H41NO3S. The number of hydrogen-bond donors (Lipinski definition) is 1. The van der Waals surface area contributed by atoms with E-state index >= 15 is 0 Å². The van der Waals surface area contributed by atoms with Gasteiger partial charge in [0, 0.05) is 6.42 Å². The van der Waals surface area contributed by atoms with Gasteiger partial charge < -0.3 is 10.1 Å². The molecule has 0 saturated carbocycles. The lowest BCUT2D eigenvalue weighted by Crippen LogP contribution is -2.41. The lowest BCUT2D eigenvalue weighted by Gasteiger charge is -2.42. The number of aryl methyl sites for hydroxylation is 1. The first-order chi connectivity index (χ1) is 14.7. The third-order valence-corrected chi connectivity index (χ3v) is 7.77. The Morgan fingerprint density at radius 2 is 2.03 bits per heavy atom. The molecule has 3 atom stereocenters. The Morgan fingerprint density at radius 3 is 2.68 bits per heavy atom. The van der Waals surface area contributed by atoms with Crippen LogP contribution >= 0.6 is 11.8 Å². The van der Waals surface area contributed by atoms with Crippen LogP contribution in [0.15, 0.2) is 18.2 Å². The number of ether oxygens (including phenoxy) is 1. The van der Waals surface area contributed by atoms with Gasteiger partial charge in [-0.25, -0.2) is 4.79 Å². The average molecular weight is 448 g/mol. The summed E-state index contributed by atoms with van der Waals surface area (Å²) in [7, 11) is 1.37. The van der Waals surface area contributed by atoms with Gasteiger partial charge in [-0.3, -0.25) is 4.79 Å². The fourth-order valence-electron chi connectivity index (χ4n) is 4.75. The summed E-state index contributed by atoms with van der Waals surface area (Å²) in [6.45, 7) is 9.28. The van der Waals surface area contributed by atoms with Crippen molar-refractivity contribution in [1.29, 1.82) is 0 Å². The normalized spacial score (nSPS) is 21.5. The molecule has 31 heavy (non-hydrogen) atoms. The van der Waals surface area contributed by atoms with E-state index in [-0.39, 0.29) is 17.3 Å². The van der Waals surface area contributed by atoms with Crippen molar-refractivity contribution in [3.8, 4) is 0 Å². The standard InChI is InChI=1S/C26H41NO3S/c1-18(2)20-12-13-22-21(17-20)11-10-19(3)26(22,4)15-8-7-9-24(28)27-23(14-16-31-6)25(29)30-5/h12-13,17-19,23H,7-11,14-16H2,1-6H3,(H,27,28)/t19-,23-,26+/m1/s1. The van der Waals surface area contributed by atoms with E-state index in [0.29, 0.717) is 24.7 Å². The van der Waals surface area contributed by atoms with Crippen LogP contribution in [0.25, 0.3) is 0 Å². The van der Waals surface area contributed by atoms with E-state index < -0.39 is 6.04 Å². The van der Waals surface area contributed by atoms with Gasteiger partial charge in [0.15, 0.2) is 0 Å². The quantitative estimate of drug-likeness (QED) is 0.353. The summed E-state index contributed by atoms with van der Waals surface area (Å²) >= 11 is 1.66. The number of amides is 1. The molecule has 2 rings (SSSR count). The van der Waals surface area contributed by atoms with Gasteiger partial charge in [-0.2, -0.15) is 11.8 Å². The summed E-state index contributed by atoms with van der Waals surface area (Å²) in [4.78, 5) is 24.3. The molecule has 0 aliphatic heterocycles. The van der Waals surface area contributed by atoms with Crippen LogP contribution in [0.4, 0.5) is 0 Å². The molecule has 0 aromatic heterocycles. The summed E-state index contributed by atoms with van der Waals surface area (Å²) in [6, 6.07) is 6.54. The largest absolute Gasteiger partial charge is 0.467 e. The Kier molecular flexibility index (Phi) is 9.92. The number of unbranched alkanes of at least 4 members (excludes halogenated alkanes) is 1. The number of carbonyl (C=O) groups excluding carboxylic acids is 2. The molecule has 0 heterocycles. The minimum absolute atomic E-state index is 0.0553. The highest BCUT2D eigenvalue weighted by Gasteiger charge is 2.37. The molecule has 0 fully saturated rings. The molecule has 5 heteroatoms. The highest BCUT2D eigenvalue weighted by molar-refractivity contribution is 7.98. The van der Waals surface area contributed by atoms with Gasteiger partial charge in [-0.05, 0) is 78.1 Å². The highest BCUT2D eigenvalue weighted by Crippen LogP contribution is 2.45. The fraction of sp³-hybridized carbons (Fsp3) is 0.692. The number of thioether (sulfide) groups is 1. The second-order valence-electron chi connectivity index (χ2n) is 9.56. The van der Waals surface area contributed by atoms with E-state index in [1.165, 1.54) is 36.6 Å². The molecule has 1 N–H and O–H groups in total. The fourth-order valence-corrected chi connectivity index (χ4v) is 5.22. The number of rotatable bonds is 11. The molecule has 1 aliphatic rings. The van der Waals surface area contributed by atoms with Crippen molar-refractivity contribution in [2.75, 3.05) is 19.1 Å². The van der Waals surface area contributed by atoms with Crippen LogP contribution < -0.4 is 5.32 Å². The van der Waals surface area contributed by atoms with Gasteiger partial charge >= 0.3 is 5.97 Å². The summed E-state index contributed by atoms with van der Waals surface area (Å²) < 4.78 is 4.83. The highest BCUT2D eigenvalue weighted by atomic mass is 32.2. The number of nitrogens with one attached hydrogen (secondary N) is 1. The number of benzene rings is 1. The van der Waals surface area contributed by atoms with E-state index in [4.69, 9.17) is 4.74 Å². The Labute approximate surface area is 193 Å². The summed E-state index contributed by atoms with van der Waals surface area (Å²) in [6.07, 6.45) is 8.37. The number of fused-ring (bicyclic) bond motifs is 1. The number of hydrogen-bond acceptors (Lipinski definition) is 4. The van der Waals surface area contributed by atoms with E-state index in [1.54, 1.807) is 11.8 Å². The second-order valence-corrected chi connectivity index (χ2v) is 10.5. The second kappa shape index (κ2) is 11.9. The van der Waals surface area contributed by atoms with E-state index in [1.807, 2.05) is 6.26 Å². The summed E-state index contributed by atoms with van der Waals surface area (Å²) in [5.74, 6) is 1.59. The van der Waals surface area contributed by atoms with Crippen LogP contribution in [-0.2, 0) is 26.2 Å². The zero-order valence-electron chi connectivity index (χ0n) is 20.3. The topological polar surface area (TPSA) is 55.4 Å². The first-order valence-corrected chi connectivity index (χ1v) is 13.1. The molecule has 1 aromatic rings. The van der Waals surface area contributed by atoms with Crippen molar-refractivity contribution in [2.24, 2.45) is 5.92 Å². The minimum atomic E-state index is -0.539. The third-order valence-electron chi connectivity index (χ3n) is 7.13. The lowest BCUT2D eigenvalue weighted by atomic mass is 9.62. The zero-order valence-corrected chi connectivity index (χ0v) is 21.1. The molecule has 4 nitrogen and oxygen atoms in total. The molecule has 1 amide bonds. The van der Waals surface area contributed by atoms with Crippen molar-refractivity contribution in [3.63, 3.8) is 0 Å². The Bertz CT molecular complexity index is 748. The minimum Gasteiger partial charge on any atom is -0.467 e. The monoisotopic (exact) mass is 447 g/mol. The van der Waals surface area contributed by atoms with Crippen LogP contribution in [0.5, 0.6) is 0 Å². The Balaban J connectivity index is 1.93. The summed E-state index contributed by atoms with van der Waals surface area (Å²) in [5.41, 5.74) is 4.60. The molecule has 0 spiro atoms. The molecule has 0 radical (unpaired) electrons. The summed E-state index contributed by atoms with van der Waals surface area (Å²) in [5, 5.41) is 2.86. The lowest BCUT2D eigenvalue weighted by molar-refractivity contribution is -0.145. The van der Waals surface area contributed by atoms with Gasteiger partial charge in [0.1, 0.15) is 6.04 Å². The predicted molar refractivity (Wildman–Crippen MR) is 131 cm³/mol. The number of carbonyl (C=O) groups is 2. The molecule has 0 saturated heterocycles. The van der Waals surface area contributed by atoms with E-state index in [2.05, 4.69) is 51.2 Å². The Morgan fingerprint density at radius 1 is 1.29 bits per heavy atom. The van der Waals surface area contributed by atoms with Gasteiger partial charge in [0.05, 0.1) is 7.11 Å². The van der Waals surface area contributed by atoms with Gasteiger partial charge in [-0.15, -0.1) is 0 Å². The van der Waals surface area contributed by atoms with Crippen LogP contribution in [0.3, 0.4) is 0 Å². The number of esters is 1. The van der Waals surface area contributed by atoms with Crippen molar-refractivity contribution in [2.45, 2.75) is 90.0 Å². The van der Waals surface area contributed by atoms with Crippen LogP contribution in [0.1, 0.15) is 88.8 Å². The molecule has 174 valence electrons. The SMILES string of the molecule is COC(=O)[C@@H](CCSC)NC(=O)CCCC[C@]1(C)c2ccc(C(C)C)cc2CC[C@H]1C. The molecule has 0 bridgehead atoms. The first kappa shape index (κ1) is 25.8. The van der Waals surface area contributed by atoms with E-state index in [9.17, 15) is 9.59 Å². The zero-order chi connectivity index (χ0) is 23.0. The maximum atomic E-state index is 12.4. The first-order valence-electron chi connectivity index (χ1n) is 11.7. The van der Waals surface area contributed by atoms with Crippen molar-refractivity contribution in [1.82, 2.24) is 5.32 Å². The van der Waals surface area contributed by atoms with Crippen molar-refractivity contribution in [3.05, 3.63) is 34.9 Å². The predicted octanol–water partition coefficient (Wildman–Crippen LogP) is 5.62. The molecular weight excluding hydrogens is 406 g/mol. The average Bonchev–Trinajstić information content (AvgIpc) is 2.76. The smallest absolute Gasteiger partial charge is 0.328 e. The van der Waals surface area contributed by atoms with Crippen molar-refractivity contribution >= 4 is 23.6 Å². The van der Waals surface area contributed by atoms with Crippen LogP contribution in [-0.4, -0.2) is 37.0 Å². The molecule has 1 aromatic carbocycles. The maximum Gasteiger partial charge on any atom is 0.328 e. The Hall–Kier alpha value is -1.49. The third kappa shape index (κ3) is 6.74. The van der Waals surface area contributed by atoms with Gasteiger partial charge in [0.25, 0.3) is 0 Å². The van der Waals surface area contributed by atoms with E-state index in [0.717, 1.165) is 25.0 Å². The van der Waals surface area contributed by atoms with Crippen molar-refractivity contribution < 1.29 is 14.3 Å². The maximum absolute atomic E-state index is 12.4. The van der Waals surface area contributed by atoms with Crippen LogP contribution in [0.2, 0.25) is 0 Å².